The fourth-order valence-electron chi connectivity index (χ4n) is 2.98. The number of nitrogens with one attached hydrogen (secondary N) is 1. The summed E-state index contributed by atoms with van der Waals surface area (Å²) < 4.78 is 5.14. The van der Waals surface area contributed by atoms with Crippen LogP contribution in [0.15, 0.2) is 12.4 Å². The van der Waals surface area contributed by atoms with Gasteiger partial charge in [0.25, 0.3) is 0 Å². The number of carbonyl (C=O) groups is 1. The number of nitrogens with zero attached hydrogens (tertiary/aromatic N) is 2. The van der Waals surface area contributed by atoms with Crippen molar-refractivity contribution in [2.24, 2.45) is 5.41 Å². The van der Waals surface area contributed by atoms with E-state index in [1.807, 2.05) is 11.1 Å². The molecule has 1 aromatic heterocycles. The highest BCUT2D eigenvalue weighted by Crippen LogP contribution is 2.33. The van der Waals surface area contributed by atoms with Gasteiger partial charge in [0.1, 0.15) is 0 Å². The van der Waals surface area contributed by atoms with Gasteiger partial charge < -0.3 is 14.7 Å². The summed E-state index contributed by atoms with van der Waals surface area (Å²) in [5, 5.41) is 16.4. The number of carbonyl (C=O) groups excluding carboxylic acids is 1. The van der Waals surface area contributed by atoms with Crippen LogP contribution in [0.4, 0.5) is 0 Å². The summed E-state index contributed by atoms with van der Waals surface area (Å²) >= 11 is 0. The number of amides is 1. The Balaban J connectivity index is 1.88. The molecule has 1 fully saturated rings. The number of rotatable bonds is 7. The molecule has 1 aromatic rings. The van der Waals surface area contributed by atoms with Crippen LogP contribution in [0, 0.1) is 5.41 Å². The van der Waals surface area contributed by atoms with Crippen LogP contribution in [0.5, 0.6) is 0 Å². The van der Waals surface area contributed by atoms with Crippen molar-refractivity contribution in [3.05, 3.63) is 18.0 Å². The molecule has 0 spiro atoms. The third-order valence-corrected chi connectivity index (χ3v) is 4.37. The Bertz CT molecular complexity index is 435. The summed E-state index contributed by atoms with van der Waals surface area (Å²) in [5.74, 6) is 0.158. The number of piperidine rings is 1. The molecule has 2 N–H and O–H groups in total. The maximum absolute atomic E-state index is 12.4. The Labute approximate surface area is 125 Å². The van der Waals surface area contributed by atoms with E-state index in [1.54, 1.807) is 13.3 Å². The predicted molar refractivity (Wildman–Crippen MR) is 78.7 cm³/mol. The van der Waals surface area contributed by atoms with Gasteiger partial charge in [-0.2, -0.15) is 5.10 Å². The van der Waals surface area contributed by atoms with Crippen molar-refractivity contribution >= 4 is 5.91 Å². The SMILES string of the molecule is COCCC1(CO)CCCN(C(=O)CCc2cn[nH]c2)C1. The minimum absolute atomic E-state index is 0.113. The first kappa shape index (κ1) is 16.0. The molecule has 1 saturated heterocycles. The average Bonchev–Trinajstić information content (AvgIpc) is 3.04. The minimum atomic E-state index is -0.195. The van der Waals surface area contributed by atoms with Crippen molar-refractivity contribution in [3.8, 4) is 0 Å². The zero-order valence-corrected chi connectivity index (χ0v) is 12.7. The van der Waals surface area contributed by atoms with Crippen molar-refractivity contribution in [2.75, 3.05) is 33.4 Å². The number of aromatic amines is 1. The fraction of sp³-hybridized carbons (Fsp3) is 0.733. The third kappa shape index (κ3) is 4.28. The lowest BCUT2D eigenvalue weighted by Gasteiger charge is -2.42. The van der Waals surface area contributed by atoms with Crippen LogP contribution in [-0.2, 0) is 16.0 Å². The van der Waals surface area contributed by atoms with Crippen molar-refractivity contribution in [3.63, 3.8) is 0 Å². The Morgan fingerprint density at radius 2 is 2.48 bits per heavy atom. The molecule has 1 atom stereocenters. The van der Waals surface area contributed by atoms with Gasteiger partial charge in [-0.1, -0.05) is 0 Å². The number of aliphatic hydroxyl groups is 1. The van der Waals surface area contributed by atoms with Gasteiger partial charge >= 0.3 is 0 Å². The van der Waals surface area contributed by atoms with Gasteiger partial charge in [-0.15, -0.1) is 0 Å². The number of aryl methyl sites for hydroxylation is 1. The molecule has 21 heavy (non-hydrogen) atoms. The Hall–Kier alpha value is -1.40. The molecule has 0 bridgehead atoms. The van der Waals surface area contributed by atoms with E-state index in [0.717, 1.165) is 31.4 Å². The molecule has 1 aliphatic heterocycles. The molecular weight excluding hydrogens is 270 g/mol. The first-order valence-electron chi connectivity index (χ1n) is 7.54. The fourth-order valence-corrected chi connectivity index (χ4v) is 2.98. The highest BCUT2D eigenvalue weighted by Gasteiger charge is 2.36. The molecule has 2 rings (SSSR count). The summed E-state index contributed by atoms with van der Waals surface area (Å²) in [7, 11) is 1.67. The Morgan fingerprint density at radius 3 is 3.14 bits per heavy atom. The van der Waals surface area contributed by atoms with Crippen LogP contribution in [0.3, 0.4) is 0 Å². The first-order chi connectivity index (χ1) is 10.2. The second kappa shape index (κ2) is 7.56. The van der Waals surface area contributed by atoms with E-state index >= 15 is 0 Å². The van der Waals surface area contributed by atoms with E-state index in [9.17, 15) is 9.90 Å². The molecule has 1 aliphatic rings. The lowest BCUT2D eigenvalue weighted by molar-refractivity contribution is -0.136. The molecular formula is C15H25N3O3. The number of likely N-dealkylation sites (tertiary alicyclic amines) is 1. The van der Waals surface area contributed by atoms with Gasteiger partial charge in [0, 0.05) is 44.8 Å². The lowest BCUT2D eigenvalue weighted by atomic mass is 9.78. The molecule has 1 unspecified atom stereocenters. The summed E-state index contributed by atoms with van der Waals surface area (Å²) in [4.78, 5) is 14.3. The Morgan fingerprint density at radius 1 is 1.62 bits per heavy atom. The maximum Gasteiger partial charge on any atom is 0.222 e. The molecule has 0 saturated carbocycles. The maximum atomic E-state index is 12.4. The first-order valence-corrected chi connectivity index (χ1v) is 7.54. The second-order valence-corrected chi connectivity index (χ2v) is 5.93. The lowest BCUT2D eigenvalue weighted by Crippen LogP contribution is -2.48. The molecule has 0 radical (unpaired) electrons. The second-order valence-electron chi connectivity index (χ2n) is 5.93. The van der Waals surface area contributed by atoms with Gasteiger partial charge in [-0.25, -0.2) is 0 Å². The van der Waals surface area contributed by atoms with Crippen molar-refractivity contribution in [1.29, 1.82) is 0 Å². The van der Waals surface area contributed by atoms with Crippen LogP contribution in [0.25, 0.3) is 0 Å². The van der Waals surface area contributed by atoms with Crippen LogP contribution in [-0.4, -0.2) is 59.5 Å². The number of aliphatic hydroxyl groups excluding tert-OH is 1. The van der Waals surface area contributed by atoms with Crippen LogP contribution in [0.1, 0.15) is 31.2 Å². The number of aromatic nitrogens is 2. The van der Waals surface area contributed by atoms with Gasteiger partial charge in [-0.05, 0) is 31.2 Å². The van der Waals surface area contributed by atoms with E-state index in [2.05, 4.69) is 10.2 Å². The number of hydrogen-bond acceptors (Lipinski definition) is 4. The van der Waals surface area contributed by atoms with Crippen LogP contribution >= 0.6 is 0 Å². The van der Waals surface area contributed by atoms with Gasteiger partial charge in [0.05, 0.1) is 12.8 Å². The molecule has 0 aliphatic carbocycles. The topological polar surface area (TPSA) is 78.5 Å². The van der Waals surface area contributed by atoms with Crippen LogP contribution < -0.4 is 0 Å². The molecule has 6 nitrogen and oxygen atoms in total. The van der Waals surface area contributed by atoms with Gasteiger partial charge in [-0.3, -0.25) is 9.89 Å². The van der Waals surface area contributed by atoms with Gasteiger partial charge in [0.15, 0.2) is 0 Å². The van der Waals surface area contributed by atoms with Crippen molar-refractivity contribution in [1.82, 2.24) is 15.1 Å². The van der Waals surface area contributed by atoms with E-state index in [4.69, 9.17) is 4.74 Å². The smallest absolute Gasteiger partial charge is 0.222 e. The summed E-state index contributed by atoms with van der Waals surface area (Å²) in [6, 6.07) is 0. The monoisotopic (exact) mass is 295 g/mol. The number of ether oxygens (including phenoxy) is 1. The normalized spacial score (nSPS) is 22.5. The average molecular weight is 295 g/mol. The number of methoxy groups -OCH3 is 1. The molecule has 1 amide bonds. The summed E-state index contributed by atoms with van der Waals surface area (Å²) in [5.41, 5.74) is 0.854. The van der Waals surface area contributed by atoms with Gasteiger partial charge in [0.2, 0.25) is 5.91 Å². The zero-order chi connectivity index (χ0) is 15.1. The highest BCUT2D eigenvalue weighted by atomic mass is 16.5. The number of H-pyrrole nitrogens is 1. The Kier molecular flexibility index (Phi) is 5.76. The summed E-state index contributed by atoms with van der Waals surface area (Å²) in [6.45, 7) is 2.16. The molecule has 2 heterocycles. The minimum Gasteiger partial charge on any atom is -0.396 e. The van der Waals surface area contributed by atoms with E-state index < -0.39 is 0 Å². The standard InChI is InChI=1S/C15H25N3O3/c1-21-8-6-15(12-19)5-2-7-18(11-15)14(20)4-3-13-9-16-17-10-13/h9-10,19H,2-8,11-12H2,1H3,(H,16,17). The molecule has 118 valence electrons. The van der Waals surface area contributed by atoms with E-state index in [0.29, 0.717) is 26.0 Å². The molecule has 6 heteroatoms. The third-order valence-electron chi connectivity index (χ3n) is 4.37. The van der Waals surface area contributed by atoms with Crippen molar-refractivity contribution < 1.29 is 14.6 Å². The number of hydrogen-bond donors (Lipinski definition) is 2. The van der Waals surface area contributed by atoms with E-state index in [-0.39, 0.29) is 17.9 Å². The largest absolute Gasteiger partial charge is 0.396 e. The summed E-state index contributed by atoms with van der Waals surface area (Å²) in [6.07, 6.45) is 7.47. The predicted octanol–water partition coefficient (Wildman–Crippen LogP) is 0.980. The highest BCUT2D eigenvalue weighted by molar-refractivity contribution is 5.76. The van der Waals surface area contributed by atoms with Crippen LogP contribution in [0.2, 0.25) is 0 Å². The zero-order valence-electron chi connectivity index (χ0n) is 12.7. The quantitative estimate of drug-likeness (QED) is 0.786. The van der Waals surface area contributed by atoms with Crippen molar-refractivity contribution in [2.45, 2.75) is 32.1 Å². The van der Waals surface area contributed by atoms with E-state index in [1.165, 1.54) is 0 Å². The molecule has 0 aromatic carbocycles.